The molecule has 1 heterocycles. The van der Waals surface area contributed by atoms with E-state index in [4.69, 9.17) is 4.74 Å². The topological polar surface area (TPSA) is 66.0 Å². The Morgan fingerprint density at radius 3 is 2.59 bits per heavy atom. The SMILES string of the molecule is CCc1ccccc1CN=C(NCC(=O)N(C)C)NCC1CCCCO1.I. The molecular formula is C20H33IN4O2. The predicted octanol–water partition coefficient (Wildman–Crippen LogP) is 2.56. The number of aryl methyl sites for hydroxylation is 1. The number of guanidine groups is 1. The largest absolute Gasteiger partial charge is 0.376 e. The molecule has 6 nitrogen and oxygen atoms in total. The van der Waals surface area contributed by atoms with Crippen LogP contribution < -0.4 is 10.6 Å². The second kappa shape index (κ2) is 12.9. The smallest absolute Gasteiger partial charge is 0.241 e. The third kappa shape index (κ3) is 8.47. The Morgan fingerprint density at radius 1 is 1.22 bits per heavy atom. The summed E-state index contributed by atoms with van der Waals surface area (Å²) >= 11 is 0. The monoisotopic (exact) mass is 488 g/mol. The van der Waals surface area contributed by atoms with Crippen molar-refractivity contribution in [3.05, 3.63) is 35.4 Å². The number of carbonyl (C=O) groups is 1. The van der Waals surface area contributed by atoms with Crippen LogP contribution in [0.3, 0.4) is 0 Å². The molecule has 1 aromatic rings. The molecule has 1 unspecified atom stereocenters. The fourth-order valence-corrected chi connectivity index (χ4v) is 2.89. The van der Waals surface area contributed by atoms with Gasteiger partial charge in [-0.15, -0.1) is 24.0 Å². The van der Waals surface area contributed by atoms with Crippen molar-refractivity contribution in [1.82, 2.24) is 15.5 Å². The fraction of sp³-hybridized carbons (Fsp3) is 0.600. The van der Waals surface area contributed by atoms with Crippen LogP contribution in [0.1, 0.15) is 37.3 Å². The number of carbonyl (C=O) groups excluding carboxylic acids is 1. The Morgan fingerprint density at radius 2 is 1.96 bits per heavy atom. The predicted molar refractivity (Wildman–Crippen MR) is 121 cm³/mol. The van der Waals surface area contributed by atoms with Gasteiger partial charge in [0.05, 0.1) is 19.2 Å². The minimum Gasteiger partial charge on any atom is -0.376 e. The molecule has 1 fully saturated rings. The van der Waals surface area contributed by atoms with Crippen LogP contribution in [0.25, 0.3) is 0 Å². The number of nitrogens with one attached hydrogen (secondary N) is 2. The van der Waals surface area contributed by atoms with Crippen molar-refractivity contribution in [3.8, 4) is 0 Å². The van der Waals surface area contributed by atoms with Crippen molar-refractivity contribution < 1.29 is 9.53 Å². The zero-order valence-corrected chi connectivity index (χ0v) is 19.0. The number of halogens is 1. The quantitative estimate of drug-likeness (QED) is 0.352. The van der Waals surface area contributed by atoms with Crippen LogP contribution in [0.2, 0.25) is 0 Å². The first-order valence-corrected chi connectivity index (χ1v) is 9.51. The highest BCUT2D eigenvalue weighted by molar-refractivity contribution is 14.0. The van der Waals surface area contributed by atoms with Gasteiger partial charge in [0.15, 0.2) is 5.96 Å². The first-order valence-electron chi connectivity index (χ1n) is 9.51. The second-order valence-corrected chi connectivity index (χ2v) is 6.80. The Kier molecular flexibility index (Phi) is 11.3. The van der Waals surface area contributed by atoms with Gasteiger partial charge in [0.25, 0.3) is 0 Å². The molecule has 2 N–H and O–H groups in total. The van der Waals surface area contributed by atoms with Gasteiger partial charge in [-0.1, -0.05) is 31.2 Å². The molecule has 0 radical (unpaired) electrons. The number of likely N-dealkylation sites (N-methyl/N-ethyl adjacent to an activating group) is 1. The summed E-state index contributed by atoms with van der Waals surface area (Å²) in [5.74, 6) is 0.669. The fourth-order valence-electron chi connectivity index (χ4n) is 2.89. The minimum atomic E-state index is 0. The lowest BCUT2D eigenvalue weighted by molar-refractivity contribution is -0.127. The molecule has 0 bridgehead atoms. The Bertz CT molecular complexity index is 601. The van der Waals surface area contributed by atoms with Gasteiger partial charge in [0.1, 0.15) is 0 Å². The van der Waals surface area contributed by atoms with Crippen molar-refractivity contribution in [2.75, 3.05) is 33.8 Å². The summed E-state index contributed by atoms with van der Waals surface area (Å²) < 4.78 is 5.77. The first kappa shape index (κ1) is 23.7. The zero-order valence-electron chi connectivity index (χ0n) is 16.7. The number of benzene rings is 1. The molecule has 27 heavy (non-hydrogen) atoms. The van der Waals surface area contributed by atoms with Crippen molar-refractivity contribution in [2.24, 2.45) is 4.99 Å². The van der Waals surface area contributed by atoms with E-state index in [1.807, 2.05) is 6.07 Å². The van der Waals surface area contributed by atoms with E-state index in [1.165, 1.54) is 17.5 Å². The van der Waals surface area contributed by atoms with Crippen LogP contribution in [-0.4, -0.2) is 56.7 Å². The van der Waals surface area contributed by atoms with Crippen molar-refractivity contribution in [3.63, 3.8) is 0 Å². The van der Waals surface area contributed by atoms with E-state index >= 15 is 0 Å². The van der Waals surface area contributed by atoms with Gasteiger partial charge >= 0.3 is 0 Å². The van der Waals surface area contributed by atoms with Crippen LogP contribution in [0.4, 0.5) is 0 Å². The lowest BCUT2D eigenvalue weighted by Gasteiger charge is -2.24. The number of nitrogens with zero attached hydrogens (tertiary/aromatic N) is 2. The molecule has 1 aromatic carbocycles. The molecule has 1 amide bonds. The van der Waals surface area contributed by atoms with Gasteiger partial charge in [-0.3, -0.25) is 4.79 Å². The maximum atomic E-state index is 11.9. The van der Waals surface area contributed by atoms with E-state index in [0.717, 1.165) is 25.9 Å². The number of rotatable bonds is 7. The van der Waals surface area contributed by atoms with E-state index in [1.54, 1.807) is 19.0 Å². The molecule has 7 heteroatoms. The Labute approximate surface area is 180 Å². The van der Waals surface area contributed by atoms with E-state index < -0.39 is 0 Å². The average Bonchev–Trinajstić information content (AvgIpc) is 2.68. The second-order valence-electron chi connectivity index (χ2n) is 6.80. The van der Waals surface area contributed by atoms with Gasteiger partial charge < -0.3 is 20.3 Å². The van der Waals surface area contributed by atoms with E-state index in [2.05, 4.69) is 40.7 Å². The lowest BCUT2D eigenvalue weighted by atomic mass is 10.1. The Balaban J connectivity index is 0.00000364. The van der Waals surface area contributed by atoms with E-state index in [9.17, 15) is 4.79 Å². The minimum absolute atomic E-state index is 0. The number of ether oxygens (including phenoxy) is 1. The third-order valence-corrected chi connectivity index (χ3v) is 4.58. The molecule has 0 aromatic heterocycles. The summed E-state index contributed by atoms with van der Waals surface area (Å²) in [4.78, 5) is 18.1. The summed E-state index contributed by atoms with van der Waals surface area (Å²) in [6.45, 7) is 4.49. The van der Waals surface area contributed by atoms with Gasteiger partial charge in [-0.05, 0) is 36.8 Å². The molecule has 1 aliphatic rings. The van der Waals surface area contributed by atoms with E-state index in [-0.39, 0.29) is 42.5 Å². The van der Waals surface area contributed by atoms with Crippen LogP contribution in [0.15, 0.2) is 29.3 Å². The number of amides is 1. The molecule has 1 aliphatic heterocycles. The zero-order chi connectivity index (χ0) is 18.8. The van der Waals surface area contributed by atoms with Crippen molar-refractivity contribution in [1.29, 1.82) is 0 Å². The van der Waals surface area contributed by atoms with Crippen LogP contribution in [-0.2, 0) is 22.5 Å². The van der Waals surface area contributed by atoms with Crippen LogP contribution in [0, 0.1) is 0 Å². The highest BCUT2D eigenvalue weighted by Gasteiger charge is 2.14. The average molecular weight is 488 g/mol. The van der Waals surface area contributed by atoms with Gasteiger partial charge in [-0.2, -0.15) is 0 Å². The highest BCUT2D eigenvalue weighted by atomic mass is 127. The molecule has 1 saturated heterocycles. The molecule has 1 atom stereocenters. The first-order chi connectivity index (χ1) is 12.6. The number of aliphatic imine (C=N–C) groups is 1. The highest BCUT2D eigenvalue weighted by Crippen LogP contribution is 2.12. The van der Waals surface area contributed by atoms with Gasteiger partial charge in [0, 0.05) is 27.2 Å². The summed E-state index contributed by atoms with van der Waals surface area (Å²) in [6.07, 6.45) is 4.60. The molecular weight excluding hydrogens is 455 g/mol. The Hall–Kier alpha value is -1.35. The normalized spacial score (nSPS) is 17.0. The van der Waals surface area contributed by atoms with Crippen LogP contribution in [0.5, 0.6) is 0 Å². The van der Waals surface area contributed by atoms with Gasteiger partial charge in [-0.25, -0.2) is 4.99 Å². The van der Waals surface area contributed by atoms with Crippen LogP contribution >= 0.6 is 24.0 Å². The summed E-state index contributed by atoms with van der Waals surface area (Å²) in [5.41, 5.74) is 2.51. The molecule has 2 rings (SSSR count). The molecule has 152 valence electrons. The summed E-state index contributed by atoms with van der Waals surface area (Å²) in [7, 11) is 3.50. The van der Waals surface area contributed by atoms with E-state index in [0.29, 0.717) is 19.0 Å². The van der Waals surface area contributed by atoms with Crippen molar-refractivity contribution in [2.45, 2.75) is 45.3 Å². The number of hydrogen-bond donors (Lipinski definition) is 2. The summed E-state index contributed by atoms with van der Waals surface area (Å²) in [5, 5.41) is 6.47. The maximum Gasteiger partial charge on any atom is 0.241 e. The van der Waals surface area contributed by atoms with Gasteiger partial charge in [0.2, 0.25) is 5.91 Å². The maximum absolute atomic E-state index is 11.9. The van der Waals surface area contributed by atoms with Crippen molar-refractivity contribution >= 4 is 35.8 Å². The molecule has 0 saturated carbocycles. The third-order valence-electron chi connectivity index (χ3n) is 4.58. The number of hydrogen-bond acceptors (Lipinski definition) is 3. The lowest BCUT2D eigenvalue weighted by Crippen LogP contribution is -2.45. The molecule has 0 spiro atoms. The molecule has 0 aliphatic carbocycles. The standard InChI is InChI=1S/C20H32N4O2.HI/c1-4-16-9-5-6-10-17(16)13-21-20(23-15-19(25)24(2)3)22-14-18-11-7-8-12-26-18;/h5-6,9-10,18H,4,7-8,11-15H2,1-3H3,(H2,21,22,23);1H. The summed E-state index contributed by atoms with van der Waals surface area (Å²) in [6, 6.07) is 8.33.